The Kier molecular flexibility index (Phi) is 5.01. The van der Waals surface area contributed by atoms with Gasteiger partial charge in [-0.15, -0.1) is 0 Å². The lowest BCUT2D eigenvalue weighted by Gasteiger charge is -2.17. The van der Waals surface area contributed by atoms with Crippen LogP contribution in [0.15, 0.2) is 24.3 Å². The zero-order chi connectivity index (χ0) is 14.5. The third kappa shape index (κ3) is 3.73. The molecule has 2 rings (SSSR count). The van der Waals surface area contributed by atoms with E-state index in [1.807, 2.05) is 0 Å². The van der Waals surface area contributed by atoms with E-state index in [0.29, 0.717) is 5.02 Å². The first-order valence-electron chi connectivity index (χ1n) is 6.84. The first-order chi connectivity index (χ1) is 9.58. The fraction of sp³-hybridized carbons (Fsp3) is 0.467. The van der Waals surface area contributed by atoms with E-state index in [1.165, 1.54) is 0 Å². The molecular weight excluding hydrogens is 278 g/mol. The highest BCUT2D eigenvalue weighted by Gasteiger charge is 2.24. The standard InChI is InChI=1S/C15H18ClNO3/c1-10(14(18)17-11-6-2-3-7-11)20-15(19)12-8-4-5-9-13(12)16/h4-5,8-11H,2-3,6-7H2,1H3,(H,17,18)/t10-/m0/s1. The highest BCUT2D eigenvalue weighted by molar-refractivity contribution is 6.33. The van der Waals surface area contributed by atoms with Crippen molar-refractivity contribution in [3.05, 3.63) is 34.9 Å². The van der Waals surface area contributed by atoms with Gasteiger partial charge in [0.05, 0.1) is 10.6 Å². The summed E-state index contributed by atoms with van der Waals surface area (Å²) in [5.41, 5.74) is 0.273. The number of amides is 1. The Bertz CT molecular complexity index is 498. The molecule has 4 nitrogen and oxygen atoms in total. The molecule has 0 radical (unpaired) electrons. The van der Waals surface area contributed by atoms with E-state index in [9.17, 15) is 9.59 Å². The van der Waals surface area contributed by atoms with E-state index in [1.54, 1.807) is 31.2 Å². The summed E-state index contributed by atoms with van der Waals surface area (Å²) in [5.74, 6) is -0.832. The zero-order valence-electron chi connectivity index (χ0n) is 11.4. The average molecular weight is 296 g/mol. The molecule has 1 fully saturated rings. The van der Waals surface area contributed by atoms with Gasteiger partial charge in [-0.3, -0.25) is 4.79 Å². The maximum Gasteiger partial charge on any atom is 0.340 e. The summed E-state index contributed by atoms with van der Waals surface area (Å²) >= 11 is 5.92. The van der Waals surface area contributed by atoms with E-state index < -0.39 is 12.1 Å². The van der Waals surface area contributed by atoms with Crippen LogP contribution in [0.4, 0.5) is 0 Å². The molecule has 1 aromatic carbocycles. The van der Waals surface area contributed by atoms with Gasteiger partial charge in [0.2, 0.25) is 0 Å². The number of carbonyl (C=O) groups is 2. The minimum Gasteiger partial charge on any atom is -0.449 e. The molecule has 20 heavy (non-hydrogen) atoms. The number of hydrogen-bond acceptors (Lipinski definition) is 3. The summed E-state index contributed by atoms with van der Waals surface area (Å²) in [6.45, 7) is 1.57. The SMILES string of the molecule is C[C@H](OC(=O)c1ccccc1Cl)C(=O)NC1CCCC1. The largest absolute Gasteiger partial charge is 0.449 e. The molecule has 1 N–H and O–H groups in total. The first kappa shape index (κ1) is 14.9. The van der Waals surface area contributed by atoms with Crippen LogP contribution in [0.2, 0.25) is 5.02 Å². The number of ether oxygens (including phenoxy) is 1. The molecule has 1 aliphatic rings. The molecule has 1 saturated carbocycles. The lowest BCUT2D eigenvalue weighted by atomic mass is 10.2. The van der Waals surface area contributed by atoms with E-state index in [0.717, 1.165) is 25.7 Å². The molecular formula is C15H18ClNO3. The second-order valence-electron chi connectivity index (χ2n) is 5.02. The van der Waals surface area contributed by atoms with Gasteiger partial charge in [0.15, 0.2) is 6.10 Å². The van der Waals surface area contributed by atoms with Crippen molar-refractivity contribution in [1.82, 2.24) is 5.32 Å². The van der Waals surface area contributed by atoms with Crippen LogP contribution in [0.25, 0.3) is 0 Å². The van der Waals surface area contributed by atoms with Crippen molar-refractivity contribution in [2.24, 2.45) is 0 Å². The Hall–Kier alpha value is -1.55. The van der Waals surface area contributed by atoms with Crippen molar-refractivity contribution in [3.8, 4) is 0 Å². The van der Waals surface area contributed by atoms with Gasteiger partial charge in [0.25, 0.3) is 5.91 Å². The first-order valence-corrected chi connectivity index (χ1v) is 7.21. The van der Waals surface area contributed by atoms with Crippen molar-refractivity contribution in [2.45, 2.75) is 44.8 Å². The van der Waals surface area contributed by atoms with Crippen LogP contribution < -0.4 is 5.32 Å². The predicted octanol–water partition coefficient (Wildman–Crippen LogP) is 2.94. The molecule has 0 unspecified atom stereocenters. The van der Waals surface area contributed by atoms with Crippen molar-refractivity contribution in [3.63, 3.8) is 0 Å². The fourth-order valence-electron chi connectivity index (χ4n) is 2.29. The molecule has 1 aromatic rings. The Labute approximate surface area is 123 Å². The minimum atomic E-state index is -0.820. The molecule has 1 atom stereocenters. The maximum absolute atomic E-state index is 11.9. The molecule has 0 aliphatic heterocycles. The van der Waals surface area contributed by atoms with Gasteiger partial charge in [-0.05, 0) is 31.9 Å². The second-order valence-corrected chi connectivity index (χ2v) is 5.42. The smallest absolute Gasteiger partial charge is 0.340 e. The quantitative estimate of drug-likeness (QED) is 0.869. The van der Waals surface area contributed by atoms with Crippen LogP contribution in [0.1, 0.15) is 43.0 Å². The minimum absolute atomic E-state index is 0.212. The fourth-order valence-corrected chi connectivity index (χ4v) is 2.51. The lowest BCUT2D eigenvalue weighted by molar-refractivity contribution is -0.129. The van der Waals surface area contributed by atoms with Gasteiger partial charge in [-0.2, -0.15) is 0 Å². The number of benzene rings is 1. The molecule has 0 bridgehead atoms. The number of esters is 1. The van der Waals surface area contributed by atoms with Gasteiger partial charge >= 0.3 is 5.97 Å². The molecule has 0 saturated heterocycles. The zero-order valence-corrected chi connectivity index (χ0v) is 12.2. The van der Waals surface area contributed by atoms with E-state index in [-0.39, 0.29) is 17.5 Å². The predicted molar refractivity (Wildman–Crippen MR) is 76.7 cm³/mol. The van der Waals surface area contributed by atoms with E-state index in [2.05, 4.69) is 5.32 Å². The van der Waals surface area contributed by atoms with Crippen molar-refractivity contribution < 1.29 is 14.3 Å². The number of carbonyl (C=O) groups excluding carboxylic acids is 2. The molecule has 0 spiro atoms. The number of nitrogens with one attached hydrogen (secondary N) is 1. The Morgan fingerprint density at radius 1 is 1.30 bits per heavy atom. The third-order valence-corrected chi connectivity index (χ3v) is 3.78. The Morgan fingerprint density at radius 3 is 2.60 bits per heavy atom. The van der Waals surface area contributed by atoms with Crippen molar-refractivity contribution >= 4 is 23.5 Å². The topological polar surface area (TPSA) is 55.4 Å². The molecule has 1 amide bonds. The van der Waals surface area contributed by atoms with Crippen LogP contribution in [-0.4, -0.2) is 24.0 Å². The highest BCUT2D eigenvalue weighted by atomic mass is 35.5. The van der Waals surface area contributed by atoms with E-state index >= 15 is 0 Å². The van der Waals surface area contributed by atoms with Crippen LogP contribution in [-0.2, 0) is 9.53 Å². The number of rotatable bonds is 4. The Balaban J connectivity index is 1.90. The molecule has 108 valence electrons. The molecule has 1 aliphatic carbocycles. The maximum atomic E-state index is 11.9. The Morgan fingerprint density at radius 2 is 1.95 bits per heavy atom. The van der Waals surface area contributed by atoms with Crippen molar-refractivity contribution in [1.29, 1.82) is 0 Å². The summed E-state index contributed by atoms with van der Waals surface area (Å²) in [4.78, 5) is 23.9. The highest BCUT2D eigenvalue weighted by Crippen LogP contribution is 2.19. The lowest BCUT2D eigenvalue weighted by Crippen LogP contribution is -2.40. The van der Waals surface area contributed by atoms with Gasteiger partial charge in [-0.1, -0.05) is 36.6 Å². The van der Waals surface area contributed by atoms with Crippen LogP contribution in [0, 0.1) is 0 Å². The summed E-state index contributed by atoms with van der Waals surface area (Å²) in [6, 6.07) is 6.83. The summed E-state index contributed by atoms with van der Waals surface area (Å²) in [5, 5.41) is 3.22. The molecule has 0 aromatic heterocycles. The summed E-state index contributed by atoms with van der Waals surface area (Å²) in [7, 11) is 0. The normalized spacial score (nSPS) is 16.7. The second kappa shape index (κ2) is 6.75. The third-order valence-electron chi connectivity index (χ3n) is 3.45. The van der Waals surface area contributed by atoms with Gasteiger partial charge < -0.3 is 10.1 Å². The monoisotopic (exact) mass is 295 g/mol. The average Bonchev–Trinajstić information content (AvgIpc) is 2.91. The van der Waals surface area contributed by atoms with Crippen LogP contribution in [0.5, 0.6) is 0 Å². The number of halogens is 1. The molecule has 0 heterocycles. The van der Waals surface area contributed by atoms with Crippen LogP contribution >= 0.6 is 11.6 Å². The van der Waals surface area contributed by atoms with Crippen LogP contribution in [0.3, 0.4) is 0 Å². The van der Waals surface area contributed by atoms with Crippen molar-refractivity contribution in [2.75, 3.05) is 0 Å². The van der Waals surface area contributed by atoms with Gasteiger partial charge in [-0.25, -0.2) is 4.79 Å². The molecule has 5 heteroatoms. The summed E-state index contributed by atoms with van der Waals surface area (Å²) < 4.78 is 5.15. The summed E-state index contributed by atoms with van der Waals surface area (Å²) in [6.07, 6.45) is 3.45. The van der Waals surface area contributed by atoms with Gasteiger partial charge in [0.1, 0.15) is 0 Å². The van der Waals surface area contributed by atoms with Gasteiger partial charge in [0, 0.05) is 6.04 Å². The van der Waals surface area contributed by atoms with E-state index in [4.69, 9.17) is 16.3 Å². The number of hydrogen-bond donors (Lipinski definition) is 1.